The lowest BCUT2D eigenvalue weighted by atomic mass is 9.99. The van der Waals surface area contributed by atoms with E-state index in [0.29, 0.717) is 18.7 Å². The zero-order chi connectivity index (χ0) is 14.3. The van der Waals surface area contributed by atoms with Gasteiger partial charge >= 0.3 is 5.97 Å². The lowest BCUT2D eigenvalue weighted by molar-refractivity contribution is -0.144. The summed E-state index contributed by atoms with van der Waals surface area (Å²) in [6, 6.07) is 6.23. The number of carbonyl (C=O) groups is 1. The molecule has 0 aromatic heterocycles. The van der Waals surface area contributed by atoms with Crippen LogP contribution in [0.25, 0.3) is 0 Å². The summed E-state index contributed by atoms with van der Waals surface area (Å²) in [5.41, 5.74) is -0.900. The van der Waals surface area contributed by atoms with Gasteiger partial charge in [0.2, 0.25) is 0 Å². The van der Waals surface area contributed by atoms with E-state index in [2.05, 4.69) is 5.32 Å². The lowest BCUT2D eigenvalue weighted by Gasteiger charge is -2.26. The second-order valence-corrected chi connectivity index (χ2v) is 5.78. The number of benzene rings is 1. The maximum Gasteiger partial charge on any atom is 0.323 e. The maximum absolute atomic E-state index is 12.7. The van der Waals surface area contributed by atoms with Crippen LogP contribution in [0.15, 0.2) is 29.2 Å². The van der Waals surface area contributed by atoms with Crippen LogP contribution in [0.3, 0.4) is 0 Å². The molecule has 1 aromatic rings. The molecule has 0 saturated heterocycles. The molecule has 0 aliphatic rings. The molecule has 3 nitrogen and oxygen atoms in total. The van der Waals surface area contributed by atoms with Crippen LogP contribution in [0.1, 0.15) is 26.7 Å². The second kappa shape index (κ2) is 7.50. The van der Waals surface area contributed by atoms with Crippen LogP contribution >= 0.6 is 11.8 Å². The molecule has 0 heterocycles. The quantitative estimate of drug-likeness (QED) is 0.720. The van der Waals surface area contributed by atoms with Crippen LogP contribution < -0.4 is 5.32 Å². The van der Waals surface area contributed by atoms with Crippen LogP contribution in [0.4, 0.5) is 4.39 Å². The number of hydrogen-bond donors (Lipinski definition) is 2. The molecule has 5 heteroatoms. The van der Waals surface area contributed by atoms with E-state index in [0.717, 1.165) is 11.3 Å². The number of hydrogen-bond acceptors (Lipinski definition) is 3. The van der Waals surface area contributed by atoms with Gasteiger partial charge in [-0.1, -0.05) is 6.92 Å². The van der Waals surface area contributed by atoms with Gasteiger partial charge in [0.1, 0.15) is 11.4 Å². The van der Waals surface area contributed by atoms with Gasteiger partial charge in [-0.2, -0.15) is 0 Å². The van der Waals surface area contributed by atoms with Gasteiger partial charge in [0.05, 0.1) is 0 Å². The summed E-state index contributed by atoms with van der Waals surface area (Å²) in [4.78, 5) is 12.2. The molecule has 106 valence electrons. The van der Waals surface area contributed by atoms with Crippen molar-refractivity contribution in [2.45, 2.75) is 37.1 Å². The molecule has 1 atom stereocenters. The molecule has 1 unspecified atom stereocenters. The van der Waals surface area contributed by atoms with Crippen molar-refractivity contribution in [3.63, 3.8) is 0 Å². The summed E-state index contributed by atoms with van der Waals surface area (Å²) in [7, 11) is 0. The number of thioether (sulfide) groups is 1. The Morgan fingerprint density at radius 1 is 1.42 bits per heavy atom. The summed E-state index contributed by atoms with van der Waals surface area (Å²) >= 11 is 1.54. The Bertz CT molecular complexity index is 410. The standard InChI is InChI=1S/C14H20FNO2S/c1-3-9-16-14(2,13(17)18)8-10-19-12-6-4-11(15)5-7-12/h4-7,16H,3,8-10H2,1-2H3,(H,17,18). The number of aliphatic carboxylic acids is 1. The topological polar surface area (TPSA) is 49.3 Å². The van der Waals surface area contributed by atoms with Crippen molar-refractivity contribution < 1.29 is 14.3 Å². The smallest absolute Gasteiger partial charge is 0.323 e. The van der Waals surface area contributed by atoms with Gasteiger partial charge in [-0.15, -0.1) is 11.8 Å². The largest absolute Gasteiger partial charge is 0.480 e. The summed E-state index contributed by atoms with van der Waals surface area (Å²) in [5.74, 6) is -0.421. The third kappa shape index (κ3) is 5.20. The minimum atomic E-state index is -0.900. The number of rotatable bonds is 8. The van der Waals surface area contributed by atoms with Crippen molar-refractivity contribution in [1.82, 2.24) is 5.32 Å². The third-order valence-corrected chi connectivity index (χ3v) is 3.94. The highest BCUT2D eigenvalue weighted by Gasteiger charge is 2.31. The molecular formula is C14H20FNO2S. The number of nitrogens with one attached hydrogen (secondary N) is 1. The monoisotopic (exact) mass is 285 g/mol. The first kappa shape index (κ1) is 16.0. The highest BCUT2D eigenvalue weighted by atomic mass is 32.2. The predicted octanol–water partition coefficient (Wildman–Crippen LogP) is 3.15. The highest BCUT2D eigenvalue weighted by Crippen LogP contribution is 2.22. The summed E-state index contributed by atoms with van der Waals surface area (Å²) in [6.07, 6.45) is 1.42. The first-order chi connectivity index (χ1) is 8.98. The van der Waals surface area contributed by atoms with Gasteiger partial charge in [0.25, 0.3) is 0 Å². The Hall–Kier alpha value is -1.07. The van der Waals surface area contributed by atoms with E-state index < -0.39 is 11.5 Å². The Morgan fingerprint density at radius 3 is 2.58 bits per heavy atom. The molecule has 0 aliphatic carbocycles. The summed E-state index contributed by atoms with van der Waals surface area (Å²) in [6.45, 7) is 4.39. The number of carboxylic acids is 1. The summed E-state index contributed by atoms with van der Waals surface area (Å²) in [5, 5.41) is 12.3. The van der Waals surface area contributed by atoms with Crippen molar-refractivity contribution in [2.75, 3.05) is 12.3 Å². The maximum atomic E-state index is 12.7. The van der Waals surface area contributed by atoms with Crippen molar-refractivity contribution in [2.24, 2.45) is 0 Å². The van der Waals surface area contributed by atoms with Crippen LogP contribution in [0.2, 0.25) is 0 Å². The number of carboxylic acid groups (broad SMARTS) is 1. The fourth-order valence-electron chi connectivity index (χ4n) is 1.58. The fourth-order valence-corrected chi connectivity index (χ4v) is 2.65. The minimum Gasteiger partial charge on any atom is -0.480 e. The van der Waals surface area contributed by atoms with Crippen LogP contribution in [-0.2, 0) is 4.79 Å². The molecule has 2 N–H and O–H groups in total. The zero-order valence-electron chi connectivity index (χ0n) is 11.3. The van der Waals surface area contributed by atoms with E-state index in [1.807, 2.05) is 6.92 Å². The molecule has 0 aliphatic heterocycles. The molecule has 0 radical (unpaired) electrons. The molecule has 0 saturated carbocycles. The fraction of sp³-hybridized carbons (Fsp3) is 0.500. The lowest BCUT2D eigenvalue weighted by Crippen LogP contribution is -2.50. The Balaban J connectivity index is 2.48. The van der Waals surface area contributed by atoms with E-state index >= 15 is 0 Å². The van der Waals surface area contributed by atoms with E-state index in [-0.39, 0.29) is 5.82 Å². The first-order valence-corrected chi connectivity index (χ1v) is 7.33. The van der Waals surface area contributed by atoms with Crippen LogP contribution in [-0.4, -0.2) is 28.9 Å². The van der Waals surface area contributed by atoms with Gasteiger partial charge in [0.15, 0.2) is 0 Å². The average molecular weight is 285 g/mol. The van der Waals surface area contributed by atoms with E-state index in [1.165, 1.54) is 23.9 Å². The van der Waals surface area contributed by atoms with E-state index in [9.17, 15) is 14.3 Å². The third-order valence-electron chi connectivity index (χ3n) is 2.92. The van der Waals surface area contributed by atoms with Crippen molar-refractivity contribution >= 4 is 17.7 Å². The van der Waals surface area contributed by atoms with E-state index in [4.69, 9.17) is 0 Å². The molecule has 1 rings (SSSR count). The van der Waals surface area contributed by atoms with Gasteiger partial charge < -0.3 is 10.4 Å². The molecular weight excluding hydrogens is 265 g/mol. The summed E-state index contributed by atoms with van der Waals surface area (Å²) < 4.78 is 12.7. The van der Waals surface area contributed by atoms with Gasteiger partial charge in [-0.05, 0) is 50.6 Å². The predicted molar refractivity (Wildman–Crippen MR) is 76.1 cm³/mol. The van der Waals surface area contributed by atoms with Crippen LogP contribution in [0, 0.1) is 5.82 Å². The Morgan fingerprint density at radius 2 is 2.05 bits per heavy atom. The number of halogens is 1. The normalized spacial score (nSPS) is 14.1. The van der Waals surface area contributed by atoms with Gasteiger partial charge in [-0.25, -0.2) is 4.39 Å². The first-order valence-electron chi connectivity index (χ1n) is 6.35. The molecule has 0 amide bonds. The van der Waals surface area contributed by atoms with Gasteiger partial charge in [0, 0.05) is 10.6 Å². The molecule has 1 aromatic carbocycles. The van der Waals surface area contributed by atoms with Crippen LogP contribution in [0.5, 0.6) is 0 Å². The van der Waals surface area contributed by atoms with Gasteiger partial charge in [-0.3, -0.25) is 4.79 Å². The van der Waals surface area contributed by atoms with Crippen molar-refractivity contribution in [3.8, 4) is 0 Å². The SMILES string of the molecule is CCCNC(C)(CCSc1ccc(F)cc1)C(=O)O. The molecule has 0 fully saturated rings. The Labute approximate surface area is 117 Å². The molecule has 0 bridgehead atoms. The van der Waals surface area contributed by atoms with Crippen molar-refractivity contribution in [3.05, 3.63) is 30.1 Å². The second-order valence-electron chi connectivity index (χ2n) is 4.62. The highest BCUT2D eigenvalue weighted by molar-refractivity contribution is 7.99. The molecule has 0 spiro atoms. The molecule has 19 heavy (non-hydrogen) atoms. The minimum absolute atomic E-state index is 0.260. The average Bonchev–Trinajstić information content (AvgIpc) is 2.38. The van der Waals surface area contributed by atoms with Crippen molar-refractivity contribution in [1.29, 1.82) is 0 Å². The zero-order valence-corrected chi connectivity index (χ0v) is 12.1. The van der Waals surface area contributed by atoms with E-state index in [1.54, 1.807) is 19.1 Å². The Kier molecular flexibility index (Phi) is 6.31.